The molecule has 1 atom stereocenters. The molecule has 84 valence electrons. The number of rotatable bonds is 2. The predicted molar refractivity (Wildman–Crippen MR) is 65.3 cm³/mol. The van der Waals surface area contributed by atoms with E-state index in [0.29, 0.717) is 12.5 Å². The van der Waals surface area contributed by atoms with Gasteiger partial charge in [-0.3, -0.25) is 0 Å². The van der Waals surface area contributed by atoms with Crippen LogP contribution in [0.25, 0.3) is 0 Å². The number of benzene rings is 1. The molecule has 1 fully saturated rings. The van der Waals surface area contributed by atoms with Crippen molar-refractivity contribution < 1.29 is 0 Å². The fraction of sp³-hybridized carbons (Fsp3) is 0.462. The van der Waals surface area contributed by atoms with Gasteiger partial charge in [-0.25, -0.2) is 0 Å². The summed E-state index contributed by atoms with van der Waals surface area (Å²) >= 11 is 0. The number of para-hydroxylation sites is 1. The summed E-state index contributed by atoms with van der Waals surface area (Å²) in [4.78, 5) is 2.35. The van der Waals surface area contributed by atoms with Crippen LogP contribution in [0.15, 0.2) is 30.3 Å². The minimum atomic E-state index is 0.301. The Hall–Kier alpha value is -1.53. The SMILES string of the molecule is N#CCC1CNCCCN1c1ccccc1. The van der Waals surface area contributed by atoms with Crippen LogP contribution in [0.4, 0.5) is 5.69 Å². The molecule has 0 bridgehead atoms. The third-order valence-electron chi connectivity index (χ3n) is 2.99. The van der Waals surface area contributed by atoms with Gasteiger partial charge < -0.3 is 10.2 Å². The molecular formula is C13H17N3. The molecular weight excluding hydrogens is 198 g/mol. The summed E-state index contributed by atoms with van der Waals surface area (Å²) in [7, 11) is 0. The molecule has 16 heavy (non-hydrogen) atoms. The first kappa shape index (κ1) is 11.0. The number of nitrogens with zero attached hydrogens (tertiary/aromatic N) is 2. The van der Waals surface area contributed by atoms with Crippen molar-refractivity contribution in [2.75, 3.05) is 24.5 Å². The molecule has 1 heterocycles. The van der Waals surface area contributed by atoms with Crippen molar-refractivity contribution in [3.8, 4) is 6.07 Å². The average molecular weight is 215 g/mol. The van der Waals surface area contributed by atoms with Crippen LogP contribution in [0.5, 0.6) is 0 Å². The highest BCUT2D eigenvalue weighted by Gasteiger charge is 2.20. The molecule has 3 nitrogen and oxygen atoms in total. The maximum atomic E-state index is 8.87. The van der Waals surface area contributed by atoms with Crippen molar-refractivity contribution in [1.82, 2.24) is 5.32 Å². The Kier molecular flexibility index (Phi) is 3.79. The van der Waals surface area contributed by atoms with Gasteiger partial charge in [0.05, 0.1) is 18.5 Å². The molecule has 1 N–H and O–H groups in total. The van der Waals surface area contributed by atoms with Crippen molar-refractivity contribution in [3.63, 3.8) is 0 Å². The highest BCUT2D eigenvalue weighted by Crippen LogP contribution is 2.19. The molecule has 1 aliphatic heterocycles. The predicted octanol–water partition coefficient (Wildman–Crippen LogP) is 1.77. The molecule has 3 heteroatoms. The maximum absolute atomic E-state index is 8.87. The van der Waals surface area contributed by atoms with Gasteiger partial charge in [-0.1, -0.05) is 18.2 Å². The molecule has 0 amide bonds. The highest BCUT2D eigenvalue weighted by atomic mass is 15.2. The number of hydrogen-bond acceptors (Lipinski definition) is 3. The average Bonchev–Trinajstić information content (AvgIpc) is 2.56. The zero-order valence-electron chi connectivity index (χ0n) is 9.39. The van der Waals surface area contributed by atoms with E-state index >= 15 is 0 Å². The first-order valence-corrected chi connectivity index (χ1v) is 5.81. The summed E-state index contributed by atoms with van der Waals surface area (Å²) in [5.41, 5.74) is 1.23. The first-order chi connectivity index (χ1) is 7.92. The molecule has 0 saturated carbocycles. The van der Waals surface area contributed by atoms with Crippen LogP contribution in [0.2, 0.25) is 0 Å². The topological polar surface area (TPSA) is 39.1 Å². The molecule has 1 aliphatic rings. The summed E-state index contributed by atoms with van der Waals surface area (Å²) in [6, 6.07) is 13.0. The third kappa shape index (κ3) is 2.53. The molecule has 0 spiro atoms. The molecule has 0 aliphatic carbocycles. The standard InChI is InChI=1S/C13H17N3/c14-8-7-13-11-15-9-4-10-16(13)12-5-2-1-3-6-12/h1-3,5-6,13,15H,4,7,9-11H2. The lowest BCUT2D eigenvalue weighted by molar-refractivity contribution is 0.597. The van der Waals surface area contributed by atoms with Crippen LogP contribution in [-0.2, 0) is 0 Å². The molecule has 1 saturated heterocycles. The lowest BCUT2D eigenvalue weighted by atomic mass is 10.1. The van der Waals surface area contributed by atoms with Crippen LogP contribution in [-0.4, -0.2) is 25.7 Å². The summed E-state index contributed by atoms with van der Waals surface area (Å²) < 4.78 is 0. The number of hydrogen-bond donors (Lipinski definition) is 1. The largest absolute Gasteiger partial charge is 0.366 e. The lowest BCUT2D eigenvalue weighted by Gasteiger charge is -2.30. The third-order valence-corrected chi connectivity index (χ3v) is 2.99. The van der Waals surface area contributed by atoms with Crippen molar-refractivity contribution in [2.45, 2.75) is 18.9 Å². The fourth-order valence-corrected chi connectivity index (χ4v) is 2.18. The van der Waals surface area contributed by atoms with E-state index in [9.17, 15) is 0 Å². The van der Waals surface area contributed by atoms with Gasteiger partial charge in [0.2, 0.25) is 0 Å². The van der Waals surface area contributed by atoms with Crippen LogP contribution < -0.4 is 10.2 Å². The van der Waals surface area contributed by atoms with Crippen LogP contribution >= 0.6 is 0 Å². The van der Waals surface area contributed by atoms with Crippen molar-refractivity contribution in [2.24, 2.45) is 0 Å². The Bertz CT molecular complexity index is 355. The second-order valence-electron chi connectivity index (χ2n) is 4.10. The van der Waals surface area contributed by atoms with E-state index in [2.05, 4.69) is 40.6 Å². The molecule has 0 radical (unpaired) electrons. The van der Waals surface area contributed by atoms with E-state index in [4.69, 9.17) is 5.26 Å². The van der Waals surface area contributed by atoms with Crippen LogP contribution in [0.1, 0.15) is 12.8 Å². The number of anilines is 1. The van der Waals surface area contributed by atoms with E-state index in [-0.39, 0.29) is 0 Å². The van der Waals surface area contributed by atoms with E-state index in [0.717, 1.165) is 26.1 Å². The van der Waals surface area contributed by atoms with Crippen molar-refractivity contribution in [1.29, 1.82) is 5.26 Å². The normalized spacial score (nSPS) is 21.2. The number of nitriles is 1. The zero-order valence-corrected chi connectivity index (χ0v) is 9.39. The smallest absolute Gasteiger partial charge is 0.0643 e. The second kappa shape index (κ2) is 5.53. The Morgan fingerprint density at radius 2 is 2.19 bits per heavy atom. The molecule has 1 unspecified atom stereocenters. The van der Waals surface area contributed by atoms with Gasteiger partial charge >= 0.3 is 0 Å². The van der Waals surface area contributed by atoms with E-state index in [1.807, 2.05) is 6.07 Å². The second-order valence-corrected chi connectivity index (χ2v) is 4.10. The summed E-state index contributed by atoms with van der Waals surface area (Å²) in [5, 5.41) is 12.3. The quantitative estimate of drug-likeness (QED) is 0.817. The molecule has 1 aromatic rings. The monoisotopic (exact) mass is 215 g/mol. The fourth-order valence-electron chi connectivity index (χ4n) is 2.18. The van der Waals surface area contributed by atoms with Gasteiger partial charge in [0.1, 0.15) is 0 Å². The van der Waals surface area contributed by atoms with Gasteiger partial charge in [0, 0.05) is 18.8 Å². The maximum Gasteiger partial charge on any atom is 0.0643 e. The molecule has 1 aromatic carbocycles. The summed E-state index contributed by atoms with van der Waals surface area (Å²) in [6.07, 6.45) is 1.72. The summed E-state index contributed by atoms with van der Waals surface area (Å²) in [6.45, 7) is 2.98. The van der Waals surface area contributed by atoms with E-state index in [1.165, 1.54) is 5.69 Å². The van der Waals surface area contributed by atoms with Crippen LogP contribution in [0.3, 0.4) is 0 Å². The van der Waals surface area contributed by atoms with Gasteiger partial charge in [-0.2, -0.15) is 5.26 Å². The number of nitrogens with one attached hydrogen (secondary N) is 1. The van der Waals surface area contributed by atoms with Gasteiger partial charge in [0.15, 0.2) is 0 Å². The Morgan fingerprint density at radius 1 is 1.38 bits per heavy atom. The van der Waals surface area contributed by atoms with E-state index < -0.39 is 0 Å². The van der Waals surface area contributed by atoms with Gasteiger partial charge in [0.25, 0.3) is 0 Å². The van der Waals surface area contributed by atoms with Gasteiger partial charge in [-0.05, 0) is 25.1 Å². The van der Waals surface area contributed by atoms with Gasteiger partial charge in [-0.15, -0.1) is 0 Å². The summed E-state index contributed by atoms with van der Waals surface area (Å²) in [5.74, 6) is 0. The first-order valence-electron chi connectivity index (χ1n) is 5.81. The highest BCUT2D eigenvalue weighted by molar-refractivity contribution is 5.47. The Morgan fingerprint density at radius 3 is 2.94 bits per heavy atom. The van der Waals surface area contributed by atoms with Crippen molar-refractivity contribution in [3.05, 3.63) is 30.3 Å². The minimum Gasteiger partial charge on any atom is -0.366 e. The minimum absolute atomic E-state index is 0.301. The lowest BCUT2D eigenvalue weighted by Crippen LogP contribution is -2.39. The molecule has 0 aromatic heterocycles. The van der Waals surface area contributed by atoms with Crippen molar-refractivity contribution >= 4 is 5.69 Å². The van der Waals surface area contributed by atoms with E-state index in [1.54, 1.807) is 0 Å². The Balaban J connectivity index is 2.18. The Labute approximate surface area is 96.7 Å². The molecule has 2 rings (SSSR count). The zero-order chi connectivity index (χ0) is 11.2. The van der Waals surface area contributed by atoms with Crippen LogP contribution in [0, 0.1) is 11.3 Å².